The highest BCUT2D eigenvalue weighted by Gasteiger charge is 2.11. The summed E-state index contributed by atoms with van der Waals surface area (Å²) >= 11 is 0. The first-order valence-electron chi connectivity index (χ1n) is 4.91. The summed E-state index contributed by atoms with van der Waals surface area (Å²) in [5.41, 5.74) is 0.797. The first kappa shape index (κ1) is 9.92. The molecular formula is C10H14N4O. The number of aromatic nitrogens is 3. The van der Waals surface area contributed by atoms with Gasteiger partial charge in [-0.25, -0.2) is 9.97 Å². The molecule has 2 aromatic heterocycles. The molecular weight excluding hydrogens is 192 g/mol. The number of hydrogen-bond acceptors (Lipinski definition) is 4. The van der Waals surface area contributed by atoms with Gasteiger partial charge in [0.15, 0.2) is 0 Å². The molecule has 5 nitrogen and oxygen atoms in total. The highest BCUT2D eigenvalue weighted by Crippen LogP contribution is 2.18. The first-order valence-corrected chi connectivity index (χ1v) is 4.91. The Labute approximate surface area is 87.6 Å². The van der Waals surface area contributed by atoms with Gasteiger partial charge >= 0.3 is 0 Å². The van der Waals surface area contributed by atoms with E-state index < -0.39 is 6.10 Å². The van der Waals surface area contributed by atoms with Crippen molar-refractivity contribution in [2.24, 2.45) is 0 Å². The van der Waals surface area contributed by atoms with Gasteiger partial charge in [0, 0.05) is 6.20 Å². The standard InChI is InChI=1S/C10H14N4O/c1-6(7(2)15)14-10-8-3-4-11-9(8)12-5-13-10/h3-7,15H,1-2H3,(H2,11,12,13,14)/t6-,7+/m1/s1. The fraction of sp³-hybridized carbons (Fsp3) is 0.400. The minimum absolute atomic E-state index is 0.0435. The second kappa shape index (κ2) is 3.86. The molecule has 15 heavy (non-hydrogen) atoms. The van der Waals surface area contributed by atoms with Crippen LogP contribution in [0.15, 0.2) is 18.6 Å². The van der Waals surface area contributed by atoms with Crippen molar-refractivity contribution in [2.45, 2.75) is 26.0 Å². The Balaban J connectivity index is 2.31. The van der Waals surface area contributed by atoms with E-state index in [1.807, 2.05) is 19.2 Å². The van der Waals surface area contributed by atoms with Crippen molar-refractivity contribution in [2.75, 3.05) is 5.32 Å². The number of anilines is 1. The second-order valence-corrected chi connectivity index (χ2v) is 3.64. The zero-order valence-corrected chi connectivity index (χ0v) is 8.73. The van der Waals surface area contributed by atoms with E-state index in [0.717, 1.165) is 16.9 Å². The van der Waals surface area contributed by atoms with Crippen LogP contribution in [0.2, 0.25) is 0 Å². The topological polar surface area (TPSA) is 73.8 Å². The van der Waals surface area contributed by atoms with Crippen LogP contribution < -0.4 is 5.32 Å². The first-order chi connectivity index (χ1) is 7.18. The predicted molar refractivity (Wildman–Crippen MR) is 58.7 cm³/mol. The van der Waals surface area contributed by atoms with Gasteiger partial charge in [0.2, 0.25) is 0 Å². The van der Waals surface area contributed by atoms with Crippen LogP contribution in [0.3, 0.4) is 0 Å². The molecule has 0 aliphatic rings. The highest BCUT2D eigenvalue weighted by molar-refractivity contribution is 5.86. The summed E-state index contributed by atoms with van der Waals surface area (Å²) in [5.74, 6) is 0.745. The van der Waals surface area contributed by atoms with Gasteiger partial charge in [-0.2, -0.15) is 0 Å². The van der Waals surface area contributed by atoms with E-state index in [1.54, 1.807) is 6.92 Å². The summed E-state index contributed by atoms with van der Waals surface area (Å²) in [4.78, 5) is 11.2. The highest BCUT2D eigenvalue weighted by atomic mass is 16.3. The lowest BCUT2D eigenvalue weighted by Gasteiger charge is -2.17. The van der Waals surface area contributed by atoms with Crippen molar-refractivity contribution in [3.63, 3.8) is 0 Å². The minimum atomic E-state index is -0.422. The summed E-state index contributed by atoms with van der Waals surface area (Å²) in [6.07, 6.45) is 2.89. The van der Waals surface area contributed by atoms with Gasteiger partial charge in [-0.15, -0.1) is 0 Å². The Kier molecular flexibility index (Phi) is 2.55. The van der Waals surface area contributed by atoms with E-state index in [9.17, 15) is 5.11 Å². The number of H-pyrrole nitrogens is 1. The third-order valence-electron chi connectivity index (χ3n) is 2.44. The molecule has 0 saturated heterocycles. The number of nitrogens with one attached hydrogen (secondary N) is 2. The van der Waals surface area contributed by atoms with Crippen LogP contribution in [0.4, 0.5) is 5.82 Å². The van der Waals surface area contributed by atoms with Crippen LogP contribution >= 0.6 is 0 Å². The smallest absolute Gasteiger partial charge is 0.142 e. The zero-order chi connectivity index (χ0) is 10.8. The molecule has 0 amide bonds. The van der Waals surface area contributed by atoms with Crippen LogP contribution in [0.25, 0.3) is 11.0 Å². The summed E-state index contributed by atoms with van der Waals surface area (Å²) in [6.45, 7) is 3.65. The van der Waals surface area contributed by atoms with E-state index in [-0.39, 0.29) is 6.04 Å². The maximum atomic E-state index is 9.39. The molecule has 0 aliphatic carbocycles. The number of aliphatic hydroxyl groups excluding tert-OH is 1. The molecule has 5 heteroatoms. The van der Waals surface area contributed by atoms with Crippen molar-refractivity contribution >= 4 is 16.9 Å². The fourth-order valence-corrected chi connectivity index (χ4v) is 1.32. The lowest BCUT2D eigenvalue weighted by molar-refractivity contribution is 0.178. The Morgan fingerprint density at radius 2 is 2.20 bits per heavy atom. The van der Waals surface area contributed by atoms with Gasteiger partial charge in [0.1, 0.15) is 17.8 Å². The van der Waals surface area contributed by atoms with E-state index in [2.05, 4.69) is 20.3 Å². The molecule has 0 unspecified atom stereocenters. The number of aliphatic hydroxyl groups is 1. The number of nitrogens with zero attached hydrogens (tertiary/aromatic N) is 2. The number of hydrogen-bond donors (Lipinski definition) is 3. The molecule has 2 atom stereocenters. The zero-order valence-electron chi connectivity index (χ0n) is 8.73. The molecule has 2 heterocycles. The fourth-order valence-electron chi connectivity index (χ4n) is 1.32. The average Bonchev–Trinajstić information content (AvgIpc) is 2.66. The Bertz CT molecular complexity index is 451. The molecule has 0 aromatic carbocycles. The van der Waals surface area contributed by atoms with Crippen LogP contribution in [-0.2, 0) is 0 Å². The van der Waals surface area contributed by atoms with Gasteiger partial charge in [0.05, 0.1) is 17.5 Å². The van der Waals surface area contributed by atoms with Crippen molar-refractivity contribution < 1.29 is 5.11 Å². The van der Waals surface area contributed by atoms with E-state index in [0.29, 0.717) is 0 Å². The average molecular weight is 206 g/mol. The maximum Gasteiger partial charge on any atom is 0.142 e. The molecule has 0 radical (unpaired) electrons. The summed E-state index contributed by atoms with van der Waals surface area (Å²) in [5, 5.41) is 13.5. The normalized spacial score (nSPS) is 15.1. The molecule has 3 N–H and O–H groups in total. The Hall–Kier alpha value is -1.62. The van der Waals surface area contributed by atoms with Crippen LogP contribution in [0.5, 0.6) is 0 Å². The van der Waals surface area contributed by atoms with Crippen LogP contribution in [0.1, 0.15) is 13.8 Å². The monoisotopic (exact) mass is 206 g/mol. The lowest BCUT2D eigenvalue weighted by Crippen LogP contribution is -2.28. The number of rotatable bonds is 3. The summed E-state index contributed by atoms with van der Waals surface area (Å²) in [6, 6.07) is 1.87. The largest absolute Gasteiger partial charge is 0.391 e. The van der Waals surface area contributed by atoms with Gasteiger partial charge in [-0.05, 0) is 19.9 Å². The van der Waals surface area contributed by atoms with E-state index in [4.69, 9.17) is 0 Å². The number of fused-ring (bicyclic) bond motifs is 1. The van der Waals surface area contributed by atoms with Gasteiger partial charge in [-0.3, -0.25) is 0 Å². The third-order valence-corrected chi connectivity index (χ3v) is 2.44. The summed E-state index contributed by atoms with van der Waals surface area (Å²) < 4.78 is 0. The van der Waals surface area contributed by atoms with E-state index in [1.165, 1.54) is 6.33 Å². The SMILES string of the molecule is C[C@H](O)[C@@H](C)Nc1ncnc2[nH]ccc12. The quantitative estimate of drug-likeness (QED) is 0.704. The molecule has 0 saturated carbocycles. The van der Waals surface area contributed by atoms with Crippen molar-refractivity contribution in [3.05, 3.63) is 18.6 Å². The van der Waals surface area contributed by atoms with Gasteiger partial charge in [0.25, 0.3) is 0 Å². The number of aromatic amines is 1. The van der Waals surface area contributed by atoms with Crippen LogP contribution in [0, 0.1) is 0 Å². The van der Waals surface area contributed by atoms with Crippen LogP contribution in [-0.4, -0.2) is 32.2 Å². The van der Waals surface area contributed by atoms with Gasteiger partial charge < -0.3 is 15.4 Å². The summed E-state index contributed by atoms with van der Waals surface area (Å²) in [7, 11) is 0. The predicted octanol–water partition coefficient (Wildman–Crippen LogP) is 1.14. The molecule has 80 valence electrons. The lowest BCUT2D eigenvalue weighted by atomic mass is 10.2. The molecule has 2 rings (SSSR count). The third kappa shape index (κ3) is 1.92. The molecule has 2 aromatic rings. The molecule has 0 fully saturated rings. The van der Waals surface area contributed by atoms with E-state index >= 15 is 0 Å². The Morgan fingerprint density at radius 1 is 1.40 bits per heavy atom. The molecule has 0 bridgehead atoms. The van der Waals surface area contributed by atoms with Crippen molar-refractivity contribution in [1.82, 2.24) is 15.0 Å². The molecule has 0 spiro atoms. The molecule has 0 aliphatic heterocycles. The van der Waals surface area contributed by atoms with Gasteiger partial charge in [-0.1, -0.05) is 0 Å². The van der Waals surface area contributed by atoms with Crippen molar-refractivity contribution in [1.29, 1.82) is 0 Å². The minimum Gasteiger partial charge on any atom is -0.391 e. The maximum absolute atomic E-state index is 9.39. The van der Waals surface area contributed by atoms with Crippen molar-refractivity contribution in [3.8, 4) is 0 Å². The second-order valence-electron chi connectivity index (χ2n) is 3.64. The Morgan fingerprint density at radius 3 is 2.93 bits per heavy atom.